The third-order valence-electron chi connectivity index (χ3n) is 4.94. The number of alkyl carbamates (subject to hydrolysis) is 1. The Labute approximate surface area is 157 Å². The van der Waals surface area contributed by atoms with Crippen LogP contribution in [-0.2, 0) is 4.74 Å². The van der Waals surface area contributed by atoms with Crippen molar-refractivity contribution in [1.82, 2.24) is 5.32 Å². The Hall–Kier alpha value is -3.05. The minimum Gasteiger partial charge on any atom is -0.467 e. The second kappa shape index (κ2) is 7.68. The molecule has 1 atom stereocenters. The molecule has 0 fully saturated rings. The number of carbonyl (C=O) groups is 1. The van der Waals surface area contributed by atoms with Crippen LogP contribution in [0.15, 0.2) is 71.3 Å². The highest BCUT2D eigenvalue weighted by molar-refractivity contribution is 5.79. The minimum atomic E-state index is -0.522. The van der Waals surface area contributed by atoms with Gasteiger partial charge in [0.1, 0.15) is 12.4 Å². The third-order valence-corrected chi connectivity index (χ3v) is 4.94. The van der Waals surface area contributed by atoms with Gasteiger partial charge in [0.25, 0.3) is 0 Å². The molecule has 0 radical (unpaired) electrons. The summed E-state index contributed by atoms with van der Waals surface area (Å²) >= 11 is 0. The first-order chi connectivity index (χ1) is 13.3. The number of hydrogen-bond donors (Lipinski definition) is 2. The molecule has 3 aromatic rings. The van der Waals surface area contributed by atoms with Crippen molar-refractivity contribution in [2.75, 3.05) is 13.2 Å². The van der Waals surface area contributed by atoms with Crippen LogP contribution in [0.2, 0.25) is 0 Å². The van der Waals surface area contributed by atoms with Crippen LogP contribution < -0.4 is 5.32 Å². The number of hydrogen-bond acceptors (Lipinski definition) is 4. The smallest absolute Gasteiger partial charge is 0.407 e. The van der Waals surface area contributed by atoms with Crippen molar-refractivity contribution in [2.45, 2.75) is 18.4 Å². The zero-order valence-corrected chi connectivity index (χ0v) is 14.8. The van der Waals surface area contributed by atoms with E-state index >= 15 is 0 Å². The van der Waals surface area contributed by atoms with E-state index in [1.54, 1.807) is 18.4 Å². The average Bonchev–Trinajstić information content (AvgIpc) is 3.33. The first-order valence-corrected chi connectivity index (χ1v) is 9.03. The van der Waals surface area contributed by atoms with Crippen LogP contribution in [0.3, 0.4) is 0 Å². The topological polar surface area (TPSA) is 71.7 Å². The summed E-state index contributed by atoms with van der Waals surface area (Å²) in [7, 11) is 0. The number of benzene rings is 2. The van der Waals surface area contributed by atoms with E-state index in [0.29, 0.717) is 12.2 Å². The molecule has 0 saturated carbocycles. The molecule has 1 aliphatic carbocycles. The molecular formula is C22H21NO4. The third kappa shape index (κ3) is 3.46. The number of fused-ring (bicyclic) bond motifs is 3. The van der Waals surface area contributed by atoms with Gasteiger partial charge in [-0.3, -0.25) is 0 Å². The molecule has 27 heavy (non-hydrogen) atoms. The fourth-order valence-electron chi connectivity index (χ4n) is 3.69. The van der Waals surface area contributed by atoms with Gasteiger partial charge in [-0.15, -0.1) is 0 Å². The van der Waals surface area contributed by atoms with Crippen LogP contribution in [0.4, 0.5) is 4.79 Å². The predicted molar refractivity (Wildman–Crippen MR) is 101 cm³/mol. The average molecular weight is 363 g/mol. The quantitative estimate of drug-likeness (QED) is 0.687. The van der Waals surface area contributed by atoms with Gasteiger partial charge in [-0.2, -0.15) is 0 Å². The molecule has 0 unspecified atom stereocenters. The number of ether oxygens (including phenoxy) is 1. The van der Waals surface area contributed by atoms with Crippen molar-refractivity contribution < 1.29 is 19.1 Å². The maximum absolute atomic E-state index is 12.3. The van der Waals surface area contributed by atoms with Crippen LogP contribution >= 0.6 is 0 Å². The summed E-state index contributed by atoms with van der Waals surface area (Å²) in [6.07, 6.45) is 1.38. The molecule has 1 heterocycles. The van der Waals surface area contributed by atoms with Gasteiger partial charge in [-0.05, 0) is 40.8 Å². The maximum atomic E-state index is 12.3. The van der Waals surface area contributed by atoms with Crippen LogP contribution in [0.1, 0.15) is 35.3 Å². The number of furan rings is 1. The fraction of sp³-hybridized carbons (Fsp3) is 0.227. The first kappa shape index (κ1) is 17.4. The highest BCUT2D eigenvalue weighted by Gasteiger charge is 2.29. The molecule has 138 valence electrons. The lowest BCUT2D eigenvalue weighted by atomic mass is 9.98. The summed E-state index contributed by atoms with van der Waals surface area (Å²) in [6, 6.07) is 19.5. The van der Waals surface area contributed by atoms with E-state index in [9.17, 15) is 9.90 Å². The molecule has 0 aliphatic heterocycles. The summed E-state index contributed by atoms with van der Waals surface area (Å²) < 4.78 is 10.9. The Balaban J connectivity index is 1.46. The van der Waals surface area contributed by atoms with E-state index in [-0.39, 0.29) is 19.1 Å². The van der Waals surface area contributed by atoms with Crippen molar-refractivity contribution in [3.8, 4) is 11.1 Å². The van der Waals surface area contributed by atoms with Crippen molar-refractivity contribution in [3.63, 3.8) is 0 Å². The summed E-state index contributed by atoms with van der Waals surface area (Å²) in [5.74, 6) is 0.612. The van der Waals surface area contributed by atoms with Gasteiger partial charge in [-0.1, -0.05) is 48.5 Å². The lowest BCUT2D eigenvalue weighted by molar-refractivity contribution is 0.135. The first-order valence-electron chi connectivity index (χ1n) is 9.03. The standard InChI is InChI=1S/C22H21NO4/c24-12-11-20(21-10-5-13-26-21)23-22(25)27-14-19-17-8-3-1-6-15(17)16-7-2-4-9-18(16)19/h1-10,13,19-20,24H,11-12,14H2,(H,23,25)/t20-/m0/s1. The molecular weight excluding hydrogens is 342 g/mol. The van der Waals surface area contributed by atoms with Crippen molar-refractivity contribution >= 4 is 6.09 Å². The summed E-state index contributed by atoms with van der Waals surface area (Å²) in [6.45, 7) is 0.193. The molecule has 5 heteroatoms. The SMILES string of the molecule is O=C(N[C@@H](CCO)c1ccco1)OCC1c2ccccc2-c2ccccc21. The Morgan fingerprint density at radius 2 is 1.70 bits per heavy atom. The summed E-state index contributed by atoms with van der Waals surface area (Å²) in [5, 5.41) is 12.0. The molecule has 1 aromatic heterocycles. The van der Waals surface area contributed by atoms with E-state index in [1.165, 1.54) is 22.3 Å². The van der Waals surface area contributed by atoms with E-state index in [2.05, 4.69) is 29.6 Å². The van der Waals surface area contributed by atoms with E-state index in [1.807, 2.05) is 24.3 Å². The fourth-order valence-corrected chi connectivity index (χ4v) is 3.69. The molecule has 0 bridgehead atoms. The molecule has 2 aromatic carbocycles. The van der Waals surface area contributed by atoms with Crippen molar-refractivity contribution in [1.29, 1.82) is 0 Å². The second-order valence-electron chi connectivity index (χ2n) is 6.55. The zero-order chi connectivity index (χ0) is 18.6. The maximum Gasteiger partial charge on any atom is 0.407 e. The number of amides is 1. The van der Waals surface area contributed by atoms with Crippen LogP contribution in [0.5, 0.6) is 0 Å². The Morgan fingerprint density at radius 3 is 2.30 bits per heavy atom. The van der Waals surface area contributed by atoms with Gasteiger partial charge in [0.15, 0.2) is 0 Å². The van der Waals surface area contributed by atoms with Crippen LogP contribution in [-0.4, -0.2) is 24.4 Å². The molecule has 5 nitrogen and oxygen atoms in total. The monoisotopic (exact) mass is 363 g/mol. The highest BCUT2D eigenvalue weighted by Crippen LogP contribution is 2.44. The van der Waals surface area contributed by atoms with Crippen LogP contribution in [0, 0.1) is 0 Å². The van der Waals surface area contributed by atoms with Gasteiger partial charge in [0, 0.05) is 12.5 Å². The van der Waals surface area contributed by atoms with E-state index in [0.717, 1.165) is 0 Å². The van der Waals surface area contributed by atoms with Gasteiger partial charge >= 0.3 is 6.09 Å². The molecule has 0 saturated heterocycles. The number of aliphatic hydroxyl groups excluding tert-OH is 1. The van der Waals surface area contributed by atoms with Crippen molar-refractivity contribution in [3.05, 3.63) is 83.8 Å². The summed E-state index contributed by atoms with van der Waals surface area (Å²) in [4.78, 5) is 12.3. The normalized spacial score (nSPS) is 13.7. The predicted octanol–water partition coefficient (Wildman–Crippen LogP) is 4.24. The lowest BCUT2D eigenvalue weighted by Gasteiger charge is -2.18. The van der Waals surface area contributed by atoms with Crippen LogP contribution in [0.25, 0.3) is 11.1 Å². The number of rotatable bonds is 6. The molecule has 1 amide bonds. The Morgan fingerprint density at radius 1 is 1.04 bits per heavy atom. The van der Waals surface area contributed by atoms with Gasteiger partial charge in [0.05, 0.1) is 12.3 Å². The zero-order valence-electron chi connectivity index (χ0n) is 14.8. The second-order valence-corrected chi connectivity index (χ2v) is 6.55. The summed E-state index contributed by atoms with van der Waals surface area (Å²) in [5.41, 5.74) is 4.72. The van der Waals surface area contributed by atoms with Gasteiger partial charge < -0.3 is 19.6 Å². The number of carbonyl (C=O) groups excluding carboxylic acids is 1. The molecule has 1 aliphatic rings. The Bertz CT molecular complexity index is 874. The lowest BCUT2D eigenvalue weighted by Crippen LogP contribution is -2.30. The number of aliphatic hydroxyl groups is 1. The van der Waals surface area contributed by atoms with E-state index < -0.39 is 12.1 Å². The molecule has 2 N–H and O–H groups in total. The highest BCUT2D eigenvalue weighted by atomic mass is 16.5. The largest absolute Gasteiger partial charge is 0.467 e. The van der Waals surface area contributed by atoms with Crippen molar-refractivity contribution in [2.24, 2.45) is 0 Å². The van der Waals surface area contributed by atoms with E-state index in [4.69, 9.17) is 9.15 Å². The van der Waals surface area contributed by atoms with Gasteiger partial charge in [-0.25, -0.2) is 4.79 Å². The number of nitrogens with one attached hydrogen (secondary N) is 1. The molecule has 4 rings (SSSR count). The Kier molecular flexibility index (Phi) is 4.94. The molecule has 0 spiro atoms. The van der Waals surface area contributed by atoms with Gasteiger partial charge in [0.2, 0.25) is 0 Å². The minimum absolute atomic E-state index is 0.0167.